The molecule has 18 heavy (non-hydrogen) atoms. The number of rotatable bonds is 3. The highest BCUT2D eigenvalue weighted by Gasteiger charge is 2.33. The van der Waals surface area contributed by atoms with E-state index in [9.17, 15) is 9.59 Å². The molecular weight excluding hydrogens is 272 g/mol. The summed E-state index contributed by atoms with van der Waals surface area (Å²) >= 11 is 2.96. The highest BCUT2D eigenvalue weighted by Crippen LogP contribution is 2.21. The van der Waals surface area contributed by atoms with Gasteiger partial charge in [0.25, 0.3) is 0 Å². The van der Waals surface area contributed by atoms with Gasteiger partial charge in [-0.3, -0.25) is 4.79 Å². The van der Waals surface area contributed by atoms with Crippen LogP contribution >= 0.6 is 23.1 Å². The zero-order valence-corrected chi connectivity index (χ0v) is 11.3. The van der Waals surface area contributed by atoms with Crippen molar-refractivity contribution in [2.75, 3.05) is 11.6 Å². The van der Waals surface area contributed by atoms with Crippen LogP contribution in [0.1, 0.15) is 10.7 Å². The van der Waals surface area contributed by atoms with Gasteiger partial charge in [-0.1, -0.05) is 0 Å². The van der Waals surface area contributed by atoms with Crippen molar-refractivity contribution in [2.24, 2.45) is 0 Å². The summed E-state index contributed by atoms with van der Waals surface area (Å²) in [5.74, 6) is -0.356. The van der Waals surface area contributed by atoms with Gasteiger partial charge < -0.3 is 10.0 Å². The molecule has 0 aliphatic carbocycles. The molecular formula is C11H12N2O3S2. The number of aromatic nitrogens is 1. The number of thioether (sulfide) groups is 1. The maximum atomic E-state index is 11.9. The third kappa shape index (κ3) is 2.91. The first-order valence-corrected chi connectivity index (χ1v) is 7.32. The summed E-state index contributed by atoms with van der Waals surface area (Å²) in [6.07, 6.45) is 3.00. The van der Waals surface area contributed by atoms with Gasteiger partial charge in [-0.05, 0) is 13.0 Å². The third-order valence-corrected chi connectivity index (χ3v) is 4.29. The van der Waals surface area contributed by atoms with Crippen LogP contribution in [-0.2, 0) is 9.59 Å². The molecule has 1 aromatic heterocycles. The van der Waals surface area contributed by atoms with E-state index in [-0.39, 0.29) is 5.91 Å². The number of carboxylic acids is 1. The topological polar surface area (TPSA) is 70.5 Å². The second-order valence-corrected chi connectivity index (χ2v) is 5.85. The molecule has 0 saturated carbocycles. The number of amides is 1. The number of aryl methyl sites for hydroxylation is 1. The van der Waals surface area contributed by atoms with Gasteiger partial charge in [0.05, 0.1) is 16.6 Å². The lowest BCUT2D eigenvalue weighted by molar-refractivity contribution is -0.146. The highest BCUT2D eigenvalue weighted by atomic mass is 32.2. The maximum Gasteiger partial charge on any atom is 0.327 e. The fourth-order valence-electron chi connectivity index (χ4n) is 1.57. The number of aliphatic carboxylic acids is 1. The minimum Gasteiger partial charge on any atom is -0.480 e. The van der Waals surface area contributed by atoms with Crippen LogP contribution in [0.2, 0.25) is 0 Å². The monoisotopic (exact) mass is 284 g/mol. The molecule has 0 bridgehead atoms. The minimum atomic E-state index is -0.953. The molecule has 1 fully saturated rings. The van der Waals surface area contributed by atoms with Gasteiger partial charge in [0.1, 0.15) is 6.04 Å². The van der Waals surface area contributed by atoms with Gasteiger partial charge in [-0.2, -0.15) is 0 Å². The van der Waals surface area contributed by atoms with Gasteiger partial charge in [0.15, 0.2) is 0 Å². The molecule has 2 rings (SSSR count). The van der Waals surface area contributed by atoms with Crippen LogP contribution in [0.25, 0.3) is 6.08 Å². The fraction of sp³-hybridized carbons (Fsp3) is 0.364. The van der Waals surface area contributed by atoms with Crippen molar-refractivity contribution in [1.82, 2.24) is 9.88 Å². The van der Waals surface area contributed by atoms with Crippen molar-refractivity contribution in [3.63, 3.8) is 0 Å². The van der Waals surface area contributed by atoms with E-state index in [4.69, 9.17) is 5.11 Å². The number of hydrogen-bond acceptors (Lipinski definition) is 5. The van der Waals surface area contributed by atoms with E-state index >= 15 is 0 Å². The minimum absolute atomic E-state index is 0.280. The summed E-state index contributed by atoms with van der Waals surface area (Å²) in [5, 5.41) is 11.8. The first kappa shape index (κ1) is 13.1. The van der Waals surface area contributed by atoms with Gasteiger partial charge in [-0.25, -0.2) is 9.78 Å². The van der Waals surface area contributed by atoms with E-state index in [1.807, 2.05) is 12.3 Å². The number of hydrogen-bond donors (Lipinski definition) is 1. The lowest BCUT2D eigenvalue weighted by Gasteiger charge is -2.18. The summed E-state index contributed by atoms with van der Waals surface area (Å²) in [6, 6.07) is -0.718. The Labute approximate surface area is 113 Å². The Bertz CT molecular complexity index is 498. The fourth-order valence-corrected chi connectivity index (χ4v) is 3.31. The number of carbonyl (C=O) groups excluding carboxylic acids is 1. The van der Waals surface area contributed by atoms with Crippen LogP contribution < -0.4 is 0 Å². The predicted molar refractivity (Wildman–Crippen MR) is 71.5 cm³/mol. The highest BCUT2D eigenvalue weighted by molar-refractivity contribution is 7.99. The van der Waals surface area contributed by atoms with Gasteiger partial charge in [0.2, 0.25) is 5.91 Å². The van der Waals surface area contributed by atoms with Crippen LogP contribution in [0.5, 0.6) is 0 Å². The summed E-state index contributed by atoms with van der Waals surface area (Å²) in [5.41, 5.74) is 0.726. The van der Waals surface area contributed by atoms with E-state index < -0.39 is 12.0 Å². The number of thiazole rings is 1. The zero-order valence-electron chi connectivity index (χ0n) is 9.70. The number of carboxylic acid groups (broad SMARTS) is 1. The summed E-state index contributed by atoms with van der Waals surface area (Å²) in [4.78, 5) is 28.4. The first-order valence-electron chi connectivity index (χ1n) is 5.29. The molecule has 7 heteroatoms. The third-order valence-electron chi connectivity index (χ3n) is 2.48. The van der Waals surface area contributed by atoms with Crippen LogP contribution in [0, 0.1) is 6.92 Å². The van der Waals surface area contributed by atoms with Crippen molar-refractivity contribution >= 4 is 41.1 Å². The largest absolute Gasteiger partial charge is 0.480 e. The SMILES string of the molecule is Cc1nc(/C=C/C(=O)N2CSC[C@H]2C(=O)O)cs1. The molecule has 2 heterocycles. The van der Waals surface area contributed by atoms with Crippen LogP contribution in [0.15, 0.2) is 11.5 Å². The molecule has 0 aromatic carbocycles. The lowest BCUT2D eigenvalue weighted by atomic mass is 10.3. The Kier molecular flexibility index (Phi) is 4.03. The van der Waals surface area contributed by atoms with Gasteiger partial charge >= 0.3 is 5.97 Å². The molecule has 1 atom stereocenters. The second kappa shape index (κ2) is 5.53. The Morgan fingerprint density at radius 1 is 1.61 bits per heavy atom. The number of carbonyl (C=O) groups is 2. The summed E-state index contributed by atoms with van der Waals surface area (Å²) < 4.78 is 0. The lowest BCUT2D eigenvalue weighted by Crippen LogP contribution is -2.40. The molecule has 0 unspecified atom stereocenters. The molecule has 1 aliphatic rings. The number of nitrogens with zero attached hydrogens (tertiary/aromatic N) is 2. The van der Waals surface area contributed by atoms with E-state index in [1.54, 1.807) is 6.08 Å². The standard InChI is InChI=1S/C11H12N2O3S2/c1-7-12-8(4-18-7)2-3-10(14)13-6-17-5-9(13)11(15)16/h2-4,9H,5-6H2,1H3,(H,15,16)/b3-2+/t9-/m0/s1. The molecule has 1 N–H and O–H groups in total. The van der Waals surface area contributed by atoms with E-state index in [0.717, 1.165) is 10.7 Å². The molecule has 1 amide bonds. The second-order valence-electron chi connectivity index (χ2n) is 3.79. The Morgan fingerprint density at radius 2 is 2.39 bits per heavy atom. The van der Waals surface area contributed by atoms with Crippen molar-refractivity contribution in [3.05, 3.63) is 22.2 Å². The van der Waals surface area contributed by atoms with E-state index in [2.05, 4.69) is 4.98 Å². The Morgan fingerprint density at radius 3 is 3.00 bits per heavy atom. The van der Waals surface area contributed by atoms with Crippen molar-refractivity contribution in [3.8, 4) is 0 Å². The zero-order chi connectivity index (χ0) is 13.1. The first-order chi connectivity index (χ1) is 8.58. The van der Waals surface area contributed by atoms with Gasteiger partial charge in [-0.15, -0.1) is 23.1 Å². The normalized spacial score (nSPS) is 19.6. The summed E-state index contributed by atoms with van der Waals surface area (Å²) in [6.45, 7) is 1.89. The van der Waals surface area contributed by atoms with E-state index in [1.165, 1.54) is 34.1 Å². The van der Waals surface area contributed by atoms with Crippen LogP contribution in [0.4, 0.5) is 0 Å². The van der Waals surface area contributed by atoms with E-state index in [0.29, 0.717) is 11.6 Å². The Hall–Kier alpha value is -1.34. The molecule has 96 valence electrons. The molecule has 1 saturated heterocycles. The van der Waals surface area contributed by atoms with Gasteiger partial charge in [0, 0.05) is 17.2 Å². The van der Waals surface area contributed by atoms with Crippen molar-refractivity contribution in [2.45, 2.75) is 13.0 Å². The predicted octanol–water partition coefficient (Wildman–Crippen LogP) is 1.45. The average Bonchev–Trinajstić information content (AvgIpc) is 2.94. The molecule has 5 nitrogen and oxygen atoms in total. The molecule has 0 spiro atoms. The van der Waals surface area contributed by atoms with Crippen molar-refractivity contribution in [1.29, 1.82) is 0 Å². The van der Waals surface area contributed by atoms with Crippen molar-refractivity contribution < 1.29 is 14.7 Å². The average molecular weight is 284 g/mol. The van der Waals surface area contributed by atoms with Crippen LogP contribution in [0.3, 0.4) is 0 Å². The molecule has 1 aromatic rings. The smallest absolute Gasteiger partial charge is 0.327 e. The molecule has 0 radical (unpaired) electrons. The quantitative estimate of drug-likeness (QED) is 0.851. The maximum absolute atomic E-state index is 11.9. The summed E-state index contributed by atoms with van der Waals surface area (Å²) in [7, 11) is 0. The van der Waals surface area contributed by atoms with Crippen LogP contribution in [-0.4, -0.2) is 44.5 Å². The Balaban J connectivity index is 2.03. The molecule has 1 aliphatic heterocycles.